The van der Waals surface area contributed by atoms with Crippen molar-refractivity contribution in [1.82, 2.24) is 29.5 Å². The number of nitrogens with two attached hydrogens (primary N) is 1. The van der Waals surface area contributed by atoms with Crippen LogP contribution in [0.2, 0.25) is 0 Å². The molecular formula is C65H64Cl3N11O3. The van der Waals surface area contributed by atoms with E-state index in [4.69, 9.17) is 50.4 Å². The van der Waals surface area contributed by atoms with Gasteiger partial charge in [-0.05, 0) is 103 Å². The number of pyridine rings is 2. The Bertz CT molecular complexity index is 3860. The van der Waals surface area contributed by atoms with Gasteiger partial charge in [0.15, 0.2) is 0 Å². The van der Waals surface area contributed by atoms with Crippen LogP contribution in [-0.2, 0) is 15.6 Å². The number of hydrogen-bond acceptors (Lipinski definition) is 9. The number of nitrogens with one attached hydrogen (secondary N) is 3. The molecule has 0 aliphatic carbocycles. The van der Waals surface area contributed by atoms with Gasteiger partial charge in [0.2, 0.25) is 3.79 Å². The second-order valence-electron chi connectivity index (χ2n) is 21.3. The molecule has 14 nitrogen and oxygen atoms in total. The van der Waals surface area contributed by atoms with Crippen molar-refractivity contribution in [2.75, 3.05) is 28.3 Å². The van der Waals surface area contributed by atoms with Crippen LogP contribution in [-0.4, -0.2) is 58.3 Å². The Morgan fingerprint density at radius 1 is 0.573 bits per heavy atom. The standard InChI is InChI=1S/C32H31N5O.C17H20Cl3N3O2.C16H13N3/c1-22-9-14-25(15-10-22)37-30(21-29(36-37)32(2,3)4)35-31(38)34-28-16-13-24(26-7-5-6-8-27(26)28)12-11-23-17-19-33-20-18-23;1-11-5-7-12(8-6-11)23-14(9-13(22-23)16(2,3)4)21-15(24)25-10-17(18,19)20;17-15-5-6-16(14-4-2-1-3-13(14)15)19-11-12-7-9-18-10-8-12/h5-21H,1-4H3,(H2,34,35,38);5-9H,10H2,1-4H3,(H,21,24);1-11H,17H2/b12-11+;;. The number of aryl methyl sites for hydroxylation is 2. The minimum absolute atomic E-state index is 0.168. The smallest absolute Gasteiger partial charge is 0.412 e. The van der Waals surface area contributed by atoms with Crippen molar-refractivity contribution in [1.29, 1.82) is 0 Å². The van der Waals surface area contributed by atoms with Crippen molar-refractivity contribution in [3.05, 3.63) is 222 Å². The van der Waals surface area contributed by atoms with E-state index in [9.17, 15) is 9.59 Å². The summed E-state index contributed by atoms with van der Waals surface area (Å²) in [7, 11) is 0. The van der Waals surface area contributed by atoms with Gasteiger partial charge in [-0.15, -0.1) is 0 Å². The van der Waals surface area contributed by atoms with E-state index >= 15 is 0 Å². The third-order valence-electron chi connectivity index (χ3n) is 12.7. The first-order valence-corrected chi connectivity index (χ1v) is 27.5. The number of urea groups is 1. The van der Waals surface area contributed by atoms with Crippen LogP contribution in [0.1, 0.15) is 80.7 Å². The number of fused-ring (bicyclic) bond motifs is 2. The van der Waals surface area contributed by atoms with Crippen LogP contribution in [0, 0.1) is 13.8 Å². The minimum atomic E-state index is -1.66. The SMILES string of the molecule is Cc1ccc(-n2nc(C(C)(C)C)cc2NC(=O)Nc2ccc(/C=C/c3ccncc3)c3ccccc23)cc1.Cc1ccc(-n2nc(C(C)(C)C)cc2NC(=O)OCC(Cl)(Cl)Cl)cc1.Nc1ccc(N=Cc2ccncc2)c2ccccc12. The third kappa shape index (κ3) is 16.2. The number of benzene rings is 6. The highest BCUT2D eigenvalue weighted by atomic mass is 35.6. The number of nitrogens with zero attached hydrogens (tertiary/aromatic N) is 7. The predicted molar refractivity (Wildman–Crippen MR) is 339 cm³/mol. The number of ether oxygens (including phenoxy) is 1. The van der Waals surface area contributed by atoms with Crippen molar-refractivity contribution >= 4 is 116 Å². The van der Waals surface area contributed by atoms with Crippen LogP contribution in [0.5, 0.6) is 0 Å². The summed E-state index contributed by atoms with van der Waals surface area (Å²) >= 11 is 16.8. The summed E-state index contributed by atoms with van der Waals surface area (Å²) in [5, 5.41) is 22.3. The van der Waals surface area contributed by atoms with Gasteiger partial charge < -0.3 is 15.8 Å². The highest BCUT2D eigenvalue weighted by Gasteiger charge is 2.26. The number of hydrogen-bond donors (Lipinski definition) is 4. The van der Waals surface area contributed by atoms with Crippen molar-refractivity contribution in [3.63, 3.8) is 0 Å². The topological polar surface area (TPSA) is 179 Å². The van der Waals surface area contributed by atoms with Crippen LogP contribution >= 0.6 is 34.8 Å². The van der Waals surface area contributed by atoms with Crippen LogP contribution in [0.4, 0.5) is 38.3 Å². The van der Waals surface area contributed by atoms with Crippen LogP contribution in [0.15, 0.2) is 188 Å². The molecule has 418 valence electrons. The molecule has 4 aromatic heterocycles. The van der Waals surface area contributed by atoms with E-state index in [0.717, 1.165) is 89.2 Å². The summed E-state index contributed by atoms with van der Waals surface area (Å²) in [6.07, 6.45) is 12.3. The van der Waals surface area contributed by atoms with Crippen molar-refractivity contribution in [2.24, 2.45) is 4.99 Å². The first kappa shape index (κ1) is 59.3. The summed E-state index contributed by atoms with van der Waals surface area (Å²) in [6, 6.07) is 50.9. The van der Waals surface area contributed by atoms with Gasteiger partial charge in [-0.3, -0.25) is 25.6 Å². The Hall–Kier alpha value is -8.82. The summed E-state index contributed by atoms with van der Waals surface area (Å²) in [5.74, 6) is 1.08. The molecule has 0 unspecified atom stereocenters. The molecule has 10 aromatic rings. The quantitative estimate of drug-likeness (QED) is 0.0593. The summed E-state index contributed by atoms with van der Waals surface area (Å²) in [6.45, 7) is 16.1. The molecule has 5 N–H and O–H groups in total. The largest absolute Gasteiger partial charge is 0.445 e. The number of carbonyl (C=O) groups excluding carboxylic acids is 2. The van der Waals surface area contributed by atoms with E-state index in [1.54, 1.807) is 40.2 Å². The number of nitrogen functional groups attached to an aromatic ring is 1. The van der Waals surface area contributed by atoms with Crippen molar-refractivity contribution in [2.45, 2.75) is 70.0 Å². The summed E-state index contributed by atoms with van der Waals surface area (Å²) < 4.78 is 6.70. The molecule has 10 rings (SSSR count). The second-order valence-corrected chi connectivity index (χ2v) is 23.9. The van der Waals surface area contributed by atoms with Gasteiger partial charge in [0, 0.05) is 75.8 Å². The first-order chi connectivity index (χ1) is 39.1. The Morgan fingerprint density at radius 2 is 1.07 bits per heavy atom. The number of anilines is 4. The average molecular weight is 1150 g/mol. The third-order valence-corrected chi connectivity index (χ3v) is 13.0. The zero-order valence-electron chi connectivity index (χ0n) is 46.8. The van der Waals surface area contributed by atoms with Gasteiger partial charge in [0.25, 0.3) is 0 Å². The fourth-order valence-corrected chi connectivity index (χ4v) is 8.41. The molecule has 0 radical (unpaired) electrons. The number of aliphatic imine (C=N–C) groups is 1. The molecule has 0 aliphatic heterocycles. The molecule has 0 atom stereocenters. The Kier molecular flexibility index (Phi) is 18.9. The Morgan fingerprint density at radius 3 is 1.61 bits per heavy atom. The molecular weight excluding hydrogens is 1090 g/mol. The molecule has 3 amide bonds. The molecule has 6 aromatic carbocycles. The fraction of sp³-hybridized carbons (Fsp3) is 0.185. The highest BCUT2D eigenvalue weighted by molar-refractivity contribution is 6.67. The molecule has 82 heavy (non-hydrogen) atoms. The molecule has 0 saturated carbocycles. The van der Waals surface area contributed by atoms with Crippen LogP contribution in [0.25, 0.3) is 45.1 Å². The van der Waals surface area contributed by atoms with Crippen LogP contribution in [0.3, 0.4) is 0 Å². The van der Waals surface area contributed by atoms with Gasteiger partial charge in [-0.1, -0.05) is 178 Å². The van der Waals surface area contributed by atoms with Gasteiger partial charge in [0.1, 0.15) is 18.2 Å². The highest BCUT2D eigenvalue weighted by Crippen LogP contribution is 2.33. The Labute approximate surface area is 493 Å². The number of aromatic nitrogens is 6. The normalized spacial score (nSPS) is 11.7. The lowest BCUT2D eigenvalue weighted by molar-refractivity contribution is 0.163. The monoisotopic (exact) mass is 1150 g/mol. The second kappa shape index (κ2) is 26.2. The van der Waals surface area contributed by atoms with Crippen molar-refractivity contribution < 1.29 is 14.3 Å². The van der Waals surface area contributed by atoms with E-state index in [2.05, 4.69) is 75.0 Å². The van der Waals surface area contributed by atoms with Gasteiger partial charge in [0.05, 0.1) is 34.1 Å². The predicted octanol–water partition coefficient (Wildman–Crippen LogP) is 16.8. The van der Waals surface area contributed by atoms with Gasteiger partial charge in [-0.2, -0.15) is 10.2 Å². The number of alkyl halides is 3. The molecule has 17 heteroatoms. The van der Waals surface area contributed by atoms with Crippen LogP contribution < -0.4 is 21.7 Å². The first-order valence-electron chi connectivity index (χ1n) is 26.3. The Balaban J connectivity index is 0.000000172. The molecule has 0 saturated heterocycles. The van der Waals surface area contributed by atoms with E-state index < -0.39 is 9.89 Å². The maximum absolute atomic E-state index is 13.2. The maximum atomic E-state index is 13.2. The van der Waals surface area contributed by atoms with Gasteiger partial charge in [-0.25, -0.2) is 19.0 Å². The number of carbonyl (C=O) groups is 2. The summed E-state index contributed by atoms with van der Waals surface area (Å²) in [4.78, 5) is 37.8. The maximum Gasteiger partial charge on any atom is 0.412 e. The molecule has 0 aliphatic rings. The number of rotatable bonds is 10. The van der Waals surface area contributed by atoms with E-state index in [1.165, 1.54) is 0 Å². The average Bonchev–Trinajstić information content (AvgIpc) is 4.03. The van der Waals surface area contributed by atoms with E-state index in [1.807, 2.05) is 186 Å². The van der Waals surface area contributed by atoms with Crippen molar-refractivity contribution in [3.8, 4) is 11.4 Å². The number of amides is 3. The van der Waals surface area contributed by atoms with Gasteiger partial charge >= 0.3 is 12.1 Å². The van der Waals surface area contributed by atoms with E-state index in [-0.39, 0.29) is 23.5 Å². The molecule has 0 bridgehead atoms. The lowest BCUT2D eigenvalue weighted by Crippen LogP contribution is -2.22. The minimum Gasteiger partial charge on any atom is -0.445 e. The van der Waals surface area contributed by atoms with E-state index in [0.29, 0.717) is 11.6 Å². The lowest BCUT2D eigenvalue weighted by atomic mass is 9.92. The lowest BCUT2D eigenvalue weighted by Gasteiger charge is -2.14. The summed E-state index contributed by atoms with van der Waals surface area (Å²) in [5.41, 5.74) is 16.9. The zero-order chi connectivity index (χ0) is 58.6. The molecule has 0 spiro atoms. The number of halogens is 3. The fourth-order valence-electron chi connectivity index (χ4n) is 8.25. The zero-order valence-corrected chi connectivity index (χ0v) is 49.1. The molecule has 0 fully saturated rings. The molecule has 4 heterocycles.